The van der Waals surface area contributed by atoms with Gasteiger partial charge >= 0.3 is 0 Å². The van der Waals surface area contributed by atoms with Crippen molar-refractivity contribution in [2.75, 3.05) is 32.1 Å². The average molecular weight is 540 g/mol. The Morgan fingerprint density at radius 3 is 2.72 bits per heavy atom. The molecule has 1 unspecified atom stereocenters. The van der Waals surface area contributed by atoms with Crippen LogP contribution in [0, 0.1) is 0 Å². The van der Waals surface area contributed by atoms with Crippen molar-refractivity contribution in [3.05, 3.63) is 47.4 Å². The summed E-state index contributed by atoms with van der Waals surface area (Å²) in [6, 6.07) is 4.84. The van der Waals surface area contributed by atoms with Crippen LogP contribution in [-0.2, 0) is 25.7 Å². The Morgan fingerprint density at radius 1 is 1.23 bits per heavy atom. The highest BCUT2D eigenvalue weighted by molar-refractivity contribution is 6.44. The molecule has 0 radical (unpaired) electrons. The summed E-state index contributed by atoms with van der Waals surface area (Å²) >= 11 is 0. The first kappa shape index (κ1) is 29.5. The van der Waals surface area contributed by atoms with Crippen LogP contribution in [0.3, 0.4) is 0 Å². The highest BCUT2D eigenvalue weighted by atomic mass is 16.5. The predicted molar refractivity (Wildman–Crippen MR) is 148 cm³/mol. The molecule has 3 aliphatic heterocycles. The van der Waals surface area contributed by atoms with Gasteiger partial charge in [0.05, 0.1) is 11.7 Å². The zero-order chi connectivity index (χ0) is 28.5. The van der Waals surface area contributed by atoms with Crippen LogP contribution in [0.1, 0.15) is 39.7 Å². The summed E-state index contributed by atoms with van der Waals surface area (Å²) in [5.41, 5.74) is 1.56. The summed E-state index contributed by atoms with van der Waals surface area (Å²) in [5, 5.41) is 14.9. The standard InChI is InChI=1S/C25H31N7O5.C2H6/c1-15(2)26-8-6-17(13-33)28-25(36)20-11-19(29-22-7-9-31(3)32(20)22)24(35)27-12-16-4-5-21-18(10-16)30-23(34)14-37-21;1-2/h4-5,7,10-11,13,15,17,26H,6,8-9,12,14H2,1-3H3,(H,27,35)(H,28,36)(H,30,34);1-2H3. The average Bonchev–Trinajstić information content (AvgIpc) is 3.31. The molecule has 0 aliphatic carbocycles. The van der Waals surface area contributed by atoms with Crippen LogP contribution in [0.4, 0.5) is 5.69 Å². The van der Waals surface area contributed by atoms with E-state index in [0.717, 1.165) is 5.56 Å². The molecule has 210 valence electrons. The van der Waals surface area contributed by atoms with Gasteiger partial charge in [-0.05, 0) is 36.7 Å². The van der Waals surface area contributed by atoms with Gasteiger partial charge in [-0.25, -0.2) is 10.0 Å². The molecule has 1 atom stereocenters. The van der Waals surface area contributed by atoms with Crippen LogP contribution in [0.2, 0.25) is 0 Å². The van der Waals surface area contributed by atoms with E-state index in [4.69, 9.17) is 4.74 Å². The first-order valence-electron chi connectivity index (χ1n) is 13.1. The Morgan fingerprint density at radius 2 is 2.00 bits per heavy atom. The Hall–Kier alpha value is -4.03. The number of ether oxygens (including phenoxy) is 1. The summed E-state index contributed by atoms with van der Waals surface area (Å²) in [6.45, 7) is 9.23. The Kier molecular flexibility index (Phi) is 10.4. The van der Waals surface area contributed by atoms with Gasteiger partial charge in [0, 0.05) is 32.3 Å². The first-order valence-corrected chi connectivity index (χ1v) is 13.1. The highest BCUT2D eigenvalue weighted by Gasteiger charge is 2.34. The van der Waals surface area contributed by atoms with Gasteiger partial charge in [0.2, 0.25) is 0 Å². The lowest BCUT2D eigenvalue weighted by molar-refractivity contribution is -0.123. The van der Waals surface area contributed by atoms with Gasteiger partial charge in [-0.2, -0.15) is 0 Å². The fourth-order valence-corrected chi connectivity index (χ4v) is 4.04. The molecule has 12 nitrogen and oxygen atoms in total. The number of amides is 3. The number of anilines is 1. The van der Waals surface area contributed by atoms with E-state index in [1.165, 1.54) is 6.08 Å². The third-order valence-electron chi connectivity index (χ3n) is 5.92. The molecule has 3 amide bonds. The molecule has 0 saturated carbocycles. The van der Waals surface area contributed by atoms with E-state index >= 15 is 0 Å². The number of nitrogens with zero attached hydrogens (tertiary/aromatic N) is 3. The second-order valence-electron chi connectivity index (χ2n) is 9.20. The molecule has 0 bridgehead atoms. The van der Waals surface area contributed by atoms with Crippen molar-refractivity contribution in [3.63, 3.8) is 0 Å². The zero-order valence-electron chi connectivity index (χ0n) is 23.0. The Labute approximate surface area is 228 Å². The monoisotopic (exact) mass is 539 g/mol. The molecule has 0 saturated heterocycles. The second kappa shape index (κ2) is 13.7. The van der Waals surface area contributed by atoms with E-state index in [9.17, 15) is 19.2 Å². The zero-order valence-corrected chi connectivity index (χ0v) is 23.0. The molecular weight excluding hydrogens is 502 g/mol. The van der Waals surface area contributed by atoms with Gasteiger partial charge < -0.3 is 30.8 Å². The lowest BCUT2D eigenvalue weighted by Gasteiger charge is -2.32. The molecule has 39 heavy (non-hydrogen) atoms. The van der Waals surface area contributed by atoms with Gasteiger partial charge in [0.15, 0.2) is 6.61 Å². The van der Waals surface area contributed by atoms with Crippen LogP contribution in [-0.4, -0.2) is 78.6 Å². The molecule has 12 heteroatoms. The van der Waals surface area contributed by atoms with Gasteiger partial charge in [-0.1, -0.05) is 33.8 Å². The van der Waals surface area contributed by atoms with E-state index in [0.29, 0.717) is 43.1 Å². The molecule has 0 fully saturated rings. The normalized spacial score (nSPS) is 16.7. The van der Waals surface area contributed by atoms with Crippen molar-refractivity contribution in [1.82, 2.24) is 26.0 Å². The fraction of sp³-hybridized carbons (Fsp3) is 0.444. The van der Waals surface area contributed by atoms with E-state index in [-0.39, 0.29) is 36.5 Å². The Balaban J connectivity index is 0.00000205. The van der Waals surface area contributed by atoms with Crippen LogP contribution in [0.5, 0.6) is 5.75 Å². The summed E-state index contributed by atoms with van der Waals surface area (Å²) < 4.78 is 5.36. The van der Waals surface area contributed by atoms with E-state index < -0.39 is 17.9 Å². The molecule has 0 aromatic heterocycles. The molecule has 0 spiro atoms. The van der Waals surface area contributed by atoms with Crippen molar-refractivity contribution >= 4 is 35.4 Å². The molecule has 1 aromatic carbocycles. The predicted octanol–water partition coefficient (Wildman–Crippen LogP) is 1.07. The van der Waals surface area contributed by atoms with Gasteiger partial charge in [0.1, 0.15) is 29.3 Å². The lowest BCUT2D eigenvalue weighted by atomic mass is 10.1. The molecule has 4 rings (SSSR count). The summed E-state index contributed by atoms with van der Waals surface area (Å²) in [7, 11) is 1.80. The maximum atomic E-state index is 13.2. The number of likely N-dealkylation sites (N-methyl/N-ethyl adjacent to an activating group) is 1. The van der Waals surface area contributed by atoms with E-state index in [1.54, 1.807) is 35.3 Å². The number of benzene rings is 1. The van der Waals surface area contributed by atoms with Crippen molar-refractivity contribution in [2.45, 2.75) is 52.7 Å². The topological polar surface area (TPSA) is 144 Å². The fourth-order valence-electron chi connectivity index (χ4n) is 4.04. The third kappa shape index (κ3) is 7.52. The minimum atomic E-state index is -0.676. The quantitative estimate of drug-likeness (QED) is 0.323. The highest BCUT2D eigenvalue weighted by Crippen LogP contribution is 2.29. The van der Waals surface area contributed by atoms with E-state index in [1.807, 2.05) is 33.8 Å². The summed E-state index contributed by atoms with van der Waals surface area (Å²) in [6.07, 6.45) is 4.37. The van der Waals surface area contributed by atoms with Crippen molar-refractivity contribution in [2.24, 2.45) is 4.99 Å². The minimum Gasteiger partial charge on any atom is -0.482 e. The smallest absolute Gasteiger partial charge is 0.270 e. The van der Waals surface area contributed by atoms with E-state index in [2.05, 4.69) is 26.3 Å². The second-order valence-corrected chi connectivity index (χ2v) is 9.20. The molecule has 1 aromatic rings. The van der Waals surface area contributed by atoms with Crippen molar-refractivity contribution in [3.8, 4) is 5.75 Å². The molecular formula is C27H37N7O5. The first-order chi connectivity index (χ1) is 18.7. The third-order valence-corrected chi connectivity index (χ3v) is 5.92. The number of hydrazine groups is 1. The van der Waals surface area contributed by atoms with Crippen LogP contribution < -0.4 is 26.0 Å². The van der Waals surface area contributed by atoms with Crippen molar-refractivity contribution in [1.29, 1.82) is 0 Å². The van der Waals surface area contributed by atoms with Crippen molar-refractivity contribution < 1.29 is 23.9 Å². The van der Waals surface area contributed by atoms with Crippen LogP contribution in [0.15, 0.2) is 46.9 Å². The number of fused-ring (bicyclic) bond motifs is 2. The number of carbonyl (C=O) groups is 4. The minimum absolute atomic E-state index is 0.0321. The number of hydrogen-bond donors (Lipinski definition) is 4. The number of aliphatic imine (C=N–C) groups is 1. The number of rotatable bonds is 10. The SMILES string of the molecule is CC.CC(C)NCCC(C=O)NC(=O)C1=CC(C(=O)NCc2ccc3c(c2)NC(=O)CO3)=NC2=CCN(C)N21. The number of aldehydes is 1. The number of nitrogens with one attached hydrogen (secondary N) is 4. The number of carbonyl (C=O) groups excluding carboxylic acids is 4. The lowest BCUT2D eigenvalue weighted by Crippen LogP contribution is -2.47. The summed E-state index contributed by atoms with van der Waals surface area (Å²) in [4.78, 5) is 53.8. The maximum Gasteiger partial charge on any atom is 0.270 e. The molecule has 3 heterocycles. The largest absolute Gasteiger partial charge is 0.482 e. The van der Waals surface area contributed by atoms with Gasteiger partial charge in [0.25, 0.3) is 17.7 Å². The van der Waals surface area contributed by atoms with Gasteiger partial charge in [-0.15, -0.1) is 0 Å². The molecule has 4 N–H and O–H groups in total. The summed E-state index contributed by atoms with van der Waals surface area (Å²) in [5.74, 6) is -0.166. The molecule has 3 aliphatic rings. The van der Waals surface area contributed by atoms with Gasteiger partial charge in [-0.3, -0.25) is 19.4 Å². The van der Waals surface area contributed by atoms with Crippen LogP contribution in [0.25, 0.3) is 0 Å². The number of hydrogen-bond acceptors (Lipinski definition) is 9. The maximum absolute atomic E-state index is 13.2. The Bertz CT molecular complexity index is 1190. The van der Waals surface area contributed by atoms with Crippen LogP contribution >= 0.6 is 0 Å².